The second kappa shape index (κ2) is 9.30. The second-order valence-corrected chi connectivity index (χ2v) is 7.60. The Balaban J connectivity index is 0.000000550. The summed E-state index contributed by atoms with van der Waals surface area (Å²) in [5, 5.41) is 0. The Bertz CT molecular complexity index is 343. The molecule has 0 bridgehead atoms. The number of halogens is 2. The van der Waals surface area contributed by atoms with E-state index < -0.39 is 16.5 Å². The molecule has 0 atom stereocenters. The molecule has 1 aromatic carbocycles. The first-order valence-corrected chi connectivity index (χ1v) is 11.3. The second-order valence-electron chi connectivity index (χ2n) is 4.32. The van der Waals surface area contributed by atoms with E-state index in [1.54, 1.807) is 0 Å². The summed E-state index contributed by atoms with van der Waals surface area (Å²) >= 11 is -0.472. The zero-order valence-electron chi connectivity index (χ0n) is 10.3. The molecule has 0 amide bonds. The zero-order valence-corrected chi connectivity index (χ0v) is 14.1. The van der Waals surface area contributed by atoms with Gasteiger partial charge in [0.25, 0.3) is 0 Å². The maximum atomic E-state index is 5.69. The van der Waals surface area contributed by atoms with Gasteiger partial charge >= 0.3 is 35.3 Å². The van der Waals surface area contributed by atoms with Crippen LogP contribution in [0.25, 0.3) is 0 Å². The Morgan fingerprint density at radius 2 is 1.58 bits per heavy atom. The third-order valence-electron chi connectivity index (χ3n) is 3.02. The van der Waals surface area contributed by atoms with Crippen LogP contribution in [0.3, 0.4) is 0 Å². The quantitative estimate of drug-likeness (QED) is 0.684. The molecule has 0 aliphatic carbocycles. The third-order valence-corrected chi connectivity index (χ3v) is 3.02. The standard InChI is InChI=1S/C12H18N2O2.2ClH.Pt/c13-6-12(7-14)8-15-11(16-9-12)10-4-2-1-3-5-10;;;/h1-5,11H,6-9,13-14H2;2*1H;/q;;;+2/p-2. The molecule has 1 aromatic rings. The van der Waals surface area contributed by atoms with Crippen LogP contribution >= 0.6 is 18.8 Å². The van der Waals surface area contributed by atoms with Crippen LogP contribution in [0.1, 0.15) is 11.9 Å². The van der Waals surface area contributed by atoms with Crippen molar-refractivity contribution in [2.75, 3.05) is 26.3 Å². The van der Waals surface area contributed by atoms with E-state index in [9.17, 15) is 0 Å². The molecular weight excluding hydrogens is 470 g/mol. The number of nitrogens with two attached hydrogens (primary N) is 2. The molecule has 112 valence electrons. The fraction of sp³-hybridized carbons (Fsp3) is 0.500. The summed E-state index contributed by atoms with van der Waals surface area (Å²) < 4.78 is 11.4. The summed E-state index contributed by atoms with van der Waals surface area (Å²) in [6.07, 6.45) is -0.285. The summed E-state index contributed by atoms with van der Waals surface area (Å²) in [5.41, 5.74) is 12.2. The van der Waals surface area contributed by atoms with E-state index >= 15 is 0 Å². The van der Waals surface area contributed by atoms with Gasteiger partial charge < -0.3 is 20.9 Å². The molecule has 1 fully saturated rings. The molecule has 2 rings (SSSR count). The van der Waals surface area contributed by atoms with Gasteiger partial charge in [0.15, 0.2) is 6.29 Å². The van der Waals surface area contributed by atoms with E-state index in [0.717, 1.165) is 5.56 Å². The molecule has 1 aliphatic heterocycles. The van der Waals surface area contributed by atoms with Crippen LogP contribution < -0.4 is 11.5 Å². The average molecular weight is 488 g/mol. The van der Waals surface area contributed by atoms with Gasteiger partial charge in [0, 0.05) is 24.1 Å². The van der Waals surface area contributed by atoms with Crippen LogP contribution in [0.4, 0.5) is 0 Å². The minimum absolute atomic E-state index is 0.217. The van der Waals surface area contributed by atoms with Gasteiger partial charge in [-0.1, -0.05) is 30.3 Å². The van der Waals surface area contributed by atoms with E-state index in [1.165, 1.54) is 0 Å². The Morgan fingerprint density at radius 3 is 2.00 bits per heavy atom. The average Bonchev–Trinajstić information content (AvgIpc) is 2.49. The van der Waals surface area contributed by atoms with Crippen molar-refractivity contribution in [3.05, 3.63) is 35.9 Å². The van der Waals surface area contributed by atoms with E-state index in [-0.39, 0.29) is 11.7 Å². The zero-order chi connectivity index (χ0) is 14.1. The van der Waals surface area contributed by atoms with Crippen molar-refractivity contribution in [1.82, 2.24) is 0 Å². The maximum absolute atomic E-state index is 5.69. The van der Waals surface area contributed by atoms with Gasteiger partial charge in [-0.25, -0.2) is 0 Å². The predicted octanol–water partition coefficient (Wildman–Crippen LogP) is 2.01. The first kappa shape index (κ1) is 17.4. The van der Waals surface area contributed by atoms with Gasteiger partial charge in [-0.3, -0.25) is 0 Å². The molecule has 0 aromatic heterocycles. The van der Waals surface area contributed by atoms with Gasteiger partial charge in [-0.05, 0) is 0 Å². The molecule has 4 N–H and O–H groups in total. The Kier molecular flexibility index (Phi) is 8.51. The Hall–Kier alpha value is 0.328. The van der Waals surface area contributed by atoms with Crippen LogP contribution in [0.2, 0.25) is 0 Å². The SMILES string of the molecule is NCC1(CN)COC(c2ccccc2)OC1.[Cl][Pt][Cl]. The topological polar surface area (TPSA) is 70.5 Å². The Labute approximate surface area is 130 Å². The van der Waals surface area contributed by atoms with Crippen molar-refractivity contribution in [2.24, 2.45) is 16.9 Å². The van der Waals surface area contributed by atoms with Gasteiger partial charge in [0.2, 0.25) is 0 Å². The Morgan fingerprint density at radius 1 is 1.11 bits per heavy atom. The summed E-state index contributed by atoms with van der Waals surface area (Å²) in [4.78, 5) is 0. The molecular formula is C12H18Cl2N2O2Pt. The van der Waals surface area contributed by atoms with Crippen molar-refractivity contribution < 1.29 is 26.0 Å². The molecule has 1 heterocycles. The number of benzene rings is 1. The van der Waals surface area contributed by atoms with E-state index in [1.807, 2.05) is 30.3 Å². The first-order valence-electron chi connectivity index (χ1n) is 5.72. The fourth-order valence-corrected chi connectivity index (χ4v) is 1.72. The van der Waals surface area contributed by atoms with E-state index in [0.29, 0.717) is 26.3 Å². The van der Waals surface area contributed by atoms with Crippen LogP contribution in [0.15, 0.2) is 30.3 Å². The molecule has 19 heavy (non-hydrogen) atoms. The fourth-order valence-electron chi connectivity index (χ4n) is 1.72. The minimum atomic E-state index is -0.472. The summed E-state index contributed by atoms with van der Waals surface area (Å²) in [6.45, 7) is 2.09. The van der Waals surface area contributed by atoms with Gasteiger partial charge in [0.05, 0.1) is 13.2 Å². The molecule has 0 saturated carbocycles. The van der Waals surface area contributed by atoms with Crippen LogP contribution in [-0.2, 0) is 26.0 Å². The molecule has 1 saturated heterocycles. The number of hydrogen-bond donors (Lipinski definition) is 2. The molecule has 7 heteroatoms. The molecule has 0 unspecified atom stereocenters. The van der Waals surface area contributed by atoms with Crippen molar-refractivity contribution in [3.8, 4) is 0 Å². The predicted molar refractivity (Wildman–Crippen MR) is 73.3 cm³/mol. The normalized spacial score (nSPS) is 18.7. The third kappa shape index (κ3) is 5.31. The van der Waals surface area contributed by atoms with Crippen molar-refractivity contribution in [1.29, 1.82) is 0 Å². The van der Waals surface area contributed by atoms with Gasteiger partial charge in [-0.15, -0.1) is 0 Å². The number of ether oxygens (including phenoxy) is 2. The molecule has 1 aliphatic rings. The number of hydrogen-bond acceptors (Lipinski definition) is 4. The first-order chi connectivity index (χ1) is 9.21. The van der Waals surface area contributed by atoms with Gasteiger partial charge in [-0.2, -0.15) is 0 Å². The summed E-state index contributed by atoms with van der Waals surface area (Å²) in [6, 6.07) is 9.88. The van der Waals surface area contributed by atoms with Crippen molar-refractivity contribution in [2.45, 2.75) is 6.29 Å². The van der Waals surface area contributed by atoms with Crippen LogP contribution in [0, 0.1) is 5.41 Å². The van der Waals surface area contributed by atoms with Gasteiger partial charge in [0.1, 0.15) is 0 Å². The van der Waals surface area contributed by atoms with Crippen molar-refractivity contribution >= 4 is 18.8 Å². The van der Waals surface area contributed by atoms with E-state index in [2.05, 4.69) is 0 Å². The van der Waals surface area contributed by atoms with Crippen LogP contribution in [-0.4, -0.2) is 26.3 Å². The molecule has 4 nitrogen and oxygen atoms in total. The number of rotatable bonds is 3. The molecule has 0 spiro atoms. The van der Waals surface area contributed by atoms with Crippen molar-refractivity contribution in [3.63, 3.8) is 0 Å². The van der Waals surface area contributed by atoms with Crippen LogP contribution in [0.5, 0.6) is 0 Å². The summed E-state index contributed by atoms with van der Waals surface area (Å²) in [5.74, 6) is 0. The van der Waals surface area contributed by atoms with E-state index in [4.69, 9.17) is 39.8 Å². The monoisotopic (exact) mass is 487 g/mol. The summed E-state index contributed by atoms with van der Waals surface area (Å²) in [7, 11) is 9.75. The molecule has 0 radical (unpaired) electrons.